The van der Waals surface area contributed by atoms with Crippen LogP contribution in [-0.4, -0.2) is 34.9 Å². The molecule has 0 unspecified atom stereocenters. The van der Waals surface area contributed by atoms with E-state index < -0.39 is 23.3 Å². The predicted molar refractivity (Wildman–Crippen MR) is 120 cm³/mol. The number of carbonyl (C=O) groups excluding carboxylic acids is 1. The Morgan fingerprint density at radius 2 is 1.85 bits per heavy atom. The highest BCUT2D eigenvalue weighted by Gasteiger charge is 2.37. The molecule has 188 valence electrons. The van der Waals surface area contributed by atoms with E-state index in [-0.39, 0.29) is 18.1 Å². The third-order valence-electron chi connectivity index (χ3n) is 6.27. The van der Waals surface area contributed by atoms with Gasteiger partial charge in [-0.05, 0) is 57.1 Å². The summed E-state index contributed by atoms with van der Waals surface area (Å²) in [7, 11) is 0. The summed E-state index contributed by atoms with van der Waals surface area (Å²) in [5.41, 5.74) is -1.45. The lowest BCUT2D eigenvalue weighted by atomic mass is 9.82. The second-order valence-electron chi connectivity index (χ2n) is 9.35. The van der Waals surface area contributed by atoms with Crippen LogP contribution in [-0.2, 0) is 33.5 Å². The molecule has 9 heteroatoms. The molecule has 0 amide bonds. The third-order valence-corrected chi connectivity index (χ3v) is 6.27. The van der Waals surface area contributed by atoms with Crippen LogP contribution in [0, 0.1) is 11.8 Å². The first kappa shape index (κ1) is 26.2. The van der Waals surface area contributed by atoms with Gasteiger partial charge in [0.2, 0.25) is 11.5 Å². The number of alkyl halides is 3. The Bertz CT molecular complexity index is 970. The van der Waals surface area contributed by atoms with Gasteiger partial charge in [0, 0.05) is 23.4 Å². The van der Waals surface area contributed by atoms with Gasteiger partial charge in [0.15, 0.2) is 0 Å². The zero-order valence-electron chi connectivity index (χ0n) is 19.8. The molecule has 3 rings (SSSR count). The van der Waals surface area contributed by atoms with Gasteiger partial charge in [0.05, 0.1) is 18.8 Å². The lowest BCUT2D eigenvalue weighted by Crippen LogP contribution is -2.37. The summed E-state index contributed by atoms with van der Waals surface area (Å²) < 4.78 is 57.5. The second kappa shape index (κ2) is 10.9. The summed E-state index contributed by atoms with van der Waals surface area (Å²) in [4.78, 5) is 15.7. The number of nitrogens with zero attached hydrogens (tertiary/aromatic N) is 1. The quantitative estimate of drug-likeness (QED) is 0.428. The van der Waals surface area contributed by atoms with Crippen molar-refractivity contribution in [1.29, 1.82) is 0 Å². The van der Waals surface area contributed by atoms with Gasteiger partial charge in [0.25, 0.3) is 0 Å². The van der Waals surface area contributed by atoms with Gasteiger partial charge in [-0.25, -0.2) is 4.98 Å². The largest absolute Gasteiger partial charge is 0.563 e. The molecule has 34 heavy (non-hydrogen) atoms. The molecule has 1 aromatic carbocycles. The number of aryl methyl sites for hydroxylation is 1. The average Bonchev–Trinajstić information content (AvgIpc) is 3.20. The molecule has 2 atom stereocenters. The van der Waals surface area contributed by atoms with E-state index in [0.717, 1.165) is 31.7 Å². The van der Waals surface area contributed by atoms with E-state index in [4.69, 9.17) is 19.0 Å². The Balaban J connectivity index is 1.58. The van der Waals surface area contributed by atoms with E-state index in [1.807, 2.05) is 6.92 Å². The molecule has 0 radical (unpaired) electrons. The van der Waals surface area contributed by atoms with Crippen LogP contribution in [0.15, 0.2) is 28.7 Å². The minimum atomic E-state index is -4.50. The summed E-state index contributed by atoms with van der Waals surface area (Å²) in [6.45, 7) is 6.17. The average molecular weight is 485 g/mol. The SMILES string of the molecule is CCc1oc(-c2ccccc2C(F)(F)F)nc1COC[C@@H]1CCC[C@H](COC(C)(C)C(=O)[OH2+])C1. The Kier molecular flexibility index (Phi) is 8.41. The number of hydrogen-bond donors (Lipinski definition) is 0. The predicted octanol–water partition coefficient (Wildman–Crippen LogP) is 5.29. The summed E-state index contributed by atoms with van der Waals surface area (Å²) in [5.74, 6) is 0.345. The lowest BCUT2D eigenvalue weighted by Gasteiger charge is -2.30. The van der Waals surface area contributed by atoms with Crippen molar-refractivity contribution >= 4 is 5.97 Å². The summed E-state index contributed by atoms with van der Waals surface area (Å²) in [6.07, 6.45) is -0.0670. The second-order valence-corrected chi connectivity index (χ2v) is 9.35. The van der Waals surface area contributed by atoms with Crippen LogP contribution in [0.5, 0.6) is 0 Å². The smallest absolute Gasteiger partial charge is 0.547 e. The summed E-state index contributed by atoms with van der Waals surface area (Å²) in [6, 6.07) is 5.25. The maximum absolute atomic E-state index is 13.4. The topological polar surface area (TPSA) is 84.5 Å². The van der Waals surface area contributed by atoms with Crippen molar-refractivity contribution in [3.63, 3.8) is 0 Å². The molecule has 1 aromatic heterocycles. The van der Waals surface area contributed by atoms with E-state index >= 15 is 0 Å². The lowest BCUT2D eigenvalue weighted by molar-refractivity contribution is -0.163. The standard InChI is InChI=1S/C25H32F3NO5/c1-4-21-20(29-22(34-21)18-10-5-6-11-19(18)25(26,27)28)15-32-13-16-8-7-9-17(12-16)14-33-24(2,3)23(30)31/h5-6,10-11,16-17H,4,7-9,12-15H2,1-3H3,(H,30,31)/p+1/t16-,17+/m1/s1. The number of rotatable bonds is 10. The Hall–Kier alpha value is -2.39. The monoisotopic (exact) mass is 484 g/mol. The van der Waals surface area contributed by atoms with Crippen molar-refractivity contribution in [3.8, 4) is 11.5 Å². The number of carbonyl (C=O) groups is 1. The fraction of sp³-hybridized carbons (Fsp3) is 0.600. The van der Waals surface area contributed by atoms with Crippen molar-refractivity contribution in [2.24, 2.45) is 11.8 Å². The number of aromatic nitrogens is 1. The van der Waals surface area contributed by atoms with Crippen LogP contribution < -0.4 is 0 Å². The van der Waals surface area contributed by atoms with E-state index in [0.29, 0.717) is 42.9 Å². The molecule has 0 saturated heterocycles. The molecule has 0 aliphatic heterocycles. The van der Waals surface area contributed by atoms with Gasteiger partial charge in [0.1, 0.15) is 11.5 Å². The Labute approximate surface area is 197 Å². The van der Waals surface area contributed by atoms with E-state index in [1.54, 1.807) is 13.8 Å². The minimum absolute atomic E-state index is 0.0511. The first-order valence-electron chi connectivity index (χ1n) is 11.6. The van der Waals surface area contributed by atoms with Gasteiger partial charge >= 0.3 is 12.1 Å². The van der Waals surface area contributed by atoms with Gasteiger partial charge in [-0.1, -0.05) is 25.5 Å². The van der Waals surface area contributed by atoms with Crippen molar-refractivity contribution in [2.45, 2.75) is 71.3 Å². The highest BCUT2D eigenvalue weighted by molar-refractivity contribution is 5.76. The molecular weight excluding hydrogens is 451 g/mol. The maximum Gasteiger partial charge on any atom is 0.547 e. The van der Waals surface area contributed by atoms with E-state index in [9.17, 15) is 18.0 Å². The molecule has 0 bridgehead atoms. The summed E-state index contributed by atoms with van der Waals surface area (Å²) >= 11 is 0. The van der Waals surface area contributed by atoms with Crippen molar-refractivity contribution in [3.05, 3.63) is 41.3 Å². The first-order valence-corrected chi connectivity index (χ1v) is 11.6. The van der Waals surface area contributed by atoms with Crippen molar-refractivity contribution in [1.82, 2.24) is 4.98 Å². The number of halogens is 3. The first-order chi connectivity index (χ1) is 16.0. The molecule has 1 heterocycles. The fourth-order valence-electron chi connectivity index (χ4n) is 4.22. The van der Waals surface area contributed by atoms with Gasteiger partial charge in [-0.15, -0.1) is 0 Å². The Morgan fingerprint density at radius 3 is 2.50 bits per heavy atom. The van der Waals surface area contributed by atoms with Crippen LogP contribution >= 0.6 is 0 Å². The third kappa shape index (κ3) is 6.60. The highest BCUT2D eigenvalue weighted by atomic mass is 19.4. The molecule has 1 saturated carbocycles. The van der Waals surface area contributed by atoms with Gasteiger partial charge < -0.3 is 19.0 Å². The summed E-state index contributed by atoms with van der Waals surface area (Å²) in [5, 5.41) is 7.29. The molecule has 1 fully saturated rings. The molecule has 2 aromatic rings. The van der Waals surface area contributed by atoms with Crippen molar-refractivity contribution < 1.29 is 37.0 Å². The van der Waals surface area contributed by atoms with Crippen LogP contribution in [0.4, 0.5) is 13.2 Å². The minimum Gasteiger partial charge on any atom is -0.563 e. The number of benzene rings is 1. The molecule has 2 N–H and O–H groups in total. The van der Waals surface area contributed by atoms with Crippen LogP contribution in [0.3, 0.4) is 0 Å². The van der Waals surface area contributed by atoms with Gasteiger partial charge in [-0.2, -0.15) is 13.2 Å². The Morgan fingerprint density at radius 1 is 1.18 bits per heavy atom. The van der Waals surface area contributed by atoms with Gasteiger partial charge in [-0.3, -0.25) is 0 Å². The van der Waals surface area contributed by atoms with Crippen LogP contribution in [0.1, 0.15) is 63.5 Å². The number of ether oxygens (including phenoxy) is 2. The molecule has 1 aliphatic carbocycles. The maximum atomic E-state index is 13.4. The molecule has 6 nitrogen and oxygen atoms in total. The zero-order chi connectivity index (χ0) is 24.9. The van der Waals surface area contributed by atoms with Crippen LogP contribution in [0.25, 0.3) is 11.5 Å². The molecule has 1 aliphatic rings. The van der Waals surface area contributed by atoms with Crippen molar-refractivity contribution in [2.75, 3.05) is 13.2 Å². The zero-order valence-corrected chi connectivity index (χ0v) is 19.8. The number of oxazole rings is 1. The van der Waals surface area contributed by atoms with E-state index in [2.05, 4.69) is 4.98 Å². The fourth-order valence-corrected chi connectivity index (χ4v) is 4.22. The molecule has 0 spiro atoms. The van der Waals surface area contributed by atoms with Crippen LogP contribution in [0.2, 0.25) is 0 Å². The normalized spacial score (nSPS) is 19.4. The van der Waals surface area contributed by atoms with E-state index in [1.165, 1.54) is 18.2 Å². The highest BCUT2D eigenvalue weighted by Crippen LogP contribution is 2.37. The number of hydrogen-bond acceptors (Lipinski definition) is 5. The molecular formula is C25H33F3NO5+.